The Hall–Kier alpha value is -1.81. The number of terminal acetylenes is 2. The maximum Gasteiger partial charge on any atom is 0.0735 e. The highest BCUT2D eigenvalue weighted by atomic mass is 16.5. The summed E-state index contributed by atoms with van der Waals surface area (Å²) in [5.41, 5.74) is 2.93. The van der Waals surface area contributed by atoms with Crippen molar-refractivity contribution in [3.8, 4) is 24.7 Å². The van der Waals surface area contributed by atoms with E-state index in [1.165, 1.54) is 0 Å². The lowest BCUT2D eigenvalue weighted by Gasteiger charge is -2.11. The molecule has 0 amide bonds. The SMILES string of the molecule is C#CCCCCOCc1[c]c(C)ncc1COCCCCC#C. The predicted molar refractivity (Wildman–Crippen MR) is 92.5 cm³/mol. The van der Waals surface area contributed by atoms with E-state index < -0.39 is 0 Å². The van der Waals surface area contributed by atoms with Crippen molar-refractivity contribution >= 4 is 0 Å². The van der Waals surface area contributed by atoms with Gasteiger partial charge in [-0.2, -0.15) is 0 Å². The molecule has 0 atom stereocenters. The molecule has 123 valence electrons. The van der Waals surface area contributed by atoms with Crippen LogP contribution in [0, 0.1) is 37.7 Å². The Morgan fingerprint density at radius 2 is 1.61 bits per heavy atom. The van der Waals surface area contributed by atoms with Gasteiger partial charge < -0.3 is 9.47 Å². The summed E-state index contributed by atoms with van der Waals surface area (Å²) >= 11 is 0. The lowest BCUT2D eigenvalue weighted by atomic mass is 10.1. The average Bonchev–Trinajstić information content (AvgIpc) is 2.55. The molecule has 0 aliphatic rings. The van der Waals surface area contributed by atoms with E-state index in [9.17, 15) is 0 Å². The number of ether oxygens (including phenoxy) is 2. The van der Waals surface area contributed by atoms with E-state index in [2.05, 4.69) is 22.9 Å². The van der Waals surface area contributed by atoms with Gasteiger partial charge in [-0.05, 0) is 38.2 Å². The minimum absolute atomic E-state index is 0.537. The lowest BCUT2D eigenvalue weighted by Crippen LogP contribution is -2.04. The maximum atomic E-state index is 5.72. The Morgan fingerprint density at radius 1 is 1.00 bits per heavy atom. The third-order valence-corrected chi connectivity index (χ3v) is 3.36. The van der Waals surface area contributed by atoms with Crippen LogP contribution in [0.2, 0.25) is 0 Å². The van der Waals surface area contributed by atoms with Gasteiger partial charge in [0.2, 0.25) is 0 Å². The quantitative estimate of drug-likeness (QED) is 0.434. The fourth-order valence-electron chi connectivity index (χ4n) is 2.06. The number of aromatic nitrogens is 1. The van der Waals surface area contributed by atoms with Crippen LogP contribution in [0.3, 0.4) is 0 Å². The Balaban J connectivity index is 2.34. The van der Waals surface area contributed by atoms with E-state index in [-0.39, 0.29) is 0 Å². The second kappa shape index (κ2) is 12.7. The largest absolute Gasteiger partial charge is 0.377 e. The normalized spacial score (nSPS) is 10.2. The molecular formula is C20H26NO2. The first-order valence-electron chi connectivity index (χ1n) is 8.17. The first-order chi connectivity index (χ1) is 11.3. The molecule has 0 aromatic carbocycles. The van der Waals surface area contributed by atoms with Crippen LogP contribution in [0.25, 0.3) is 0 Å². The third-order valence-electron chi connectivity index (χ3n) is 3.36. The van der Waals surface area contributed by atoms with Crippen LogP contribution in [0.1, 0.15) is 55.3 Å². The summed E-state index contributed by atoms with van der Waals surface area (Å²) in [6.45, 7) is 4.43. The molecular weight excluding hydrogens is 286 g/mol. The molecule has 0 saturated heterocycles. The van der Waals surface area contributed by atoms with Gasteiger partial charge in [0.15, 0.2) is 0 Å². The number of pyridine rings is 1. The topological polar surface area (TPSA) is 31.4 Å². The van der Waals surface area contributed by atoms with Crippen LogP contribution in [0.15, 0.2) is 6.20 Å². The van der Waals surface area contributed by atoms with E-state index in [1.54, 1.807) is 0 Å². The van der Waals surface area contributed by atoms with Gasteiger partial charge in [0.25, 0.3) is 0 Å². The molecule has 0 fully saturated rings. The Morgan fingerprint density at radius 3 is 2.22 bits per heavy atom. The van der Waals surface area contributed by atoms with Crippen molar-refractivity contribution in [2.45, 2.75) is 58.7 Å². The highest BCUT2D eigenvalue weighted by Crippen LogP contribution is 2.12. The number of unbranched alkanes of at least 4 members (excludes halogenated alkanes) is 4. The molecule has 3 heteroatoms. The van der Waals surface area contributed by atoms with Gasteiger partial charge in [0, 0.05) is 49.6 Å². The number of hydrogen-bond acceptors (Lipinski definition) is 3. The van der Waals surface area contributed by atoms with Gasteiger partial charge in [0.1, 0.15) is 0 Å². The second-order valence-corrected chi connectivity index (χ2v) is 5.40. The lowest BCUT2D eigenvalue weighted by molar-refractivity contribution is 0.103. The summed E-state index contributed by atoms with van der Waals surface area (Å²) in [6, 6.07) is 3.26. The standard InChI is InChI=1S/C20H26NO2/c1-4-6-8-10-12-22-16-19-14-18(3)21-15-20(19)17-23-13-11-9-7-5-2/h1-2,15H,6-13,16-17H2,3H3. The zero-order valence-corrected chi connectivity index (χ0v) is 14.1. The molecule has 0 bridgehead atoms. The van der Waals surface area contributed by atoms with Gasteiger partial charge in [-0.25, -0.2) is 0 Å². The zero-order chi connectivity index (χ0) is 16.8. The van der Waals surface area contributed by atoms with Crippen molar-refractivity contribution in [3.63, 3.8) is 0 Å². The molecule has 0 aliphatic carbocycles. The van der Waals surface area contributed by atoms with Gasteiger partial charge in [-0.1, -0.05) is 0 Å². The van der Waals surface area contributed by atoms with Crippen molar-refractivity contribution in [2.75, 3.05) is 13.2 Å². The van der Waals surface area contributed by atoms with E-state index in [0.29, 0.717) is 26.4 Å². The van der Waals surface area contributed by atoms with Crippen molar-refractivity contribution in [1.29, 1.82) is 0 Å². The molecule has 3 nitrogen and oxygen atoms in total. The summed E-state index contributed by atoms with van der Waals surface area (Å²) in [5.74, 6) is 5.27. The second-order valence-electron chi connectivity index (χ2n) is 5.40. The molecule has 0 saturated carbocycles. The summed E-state index contributed by atoms with van der Waals surface area (Å²) in [4.78, 5) is 4.30. The van der Waals surface area contributed by atoms with Crippen LogP contribution in [0.4, 0.5) is 0 Å². The van der Waals surface area contributed by atoms with Crippen molar-refractivity contribution in [1.82, 2.24) is 4.98 Å². The van der Waals surface area contributed by atoms with Crippen LogP contribution in [-0.2, 0) is 22.7 Å². The van der Waals surface area contributed by atoms with Crippen molar-refractivity contribution < 1.29 is 9.47 Å². The molecule has 1 aromatic heterocycles. The van der Waals surface area contributed by atoms with E-state index >= 15 is 0 Å². The summed E-state index contributed by atoms with van der Waals surface area (Å²) in [5, 5.41) is 0. The monoisotopic (exact) mass is 312 g/mol. The average molecular weight is 312 g/mol. The fraction of sp³-hybridized carbons (Fsp3) is 0.550. The van der Waals surface area contributed by atoms with Crippen LogP contribution in [0.5, 0.6) is 0 Å². The Bertz CT molecular complexity index is 525. The van der Waals surface area contributed by atoms with Gasteiger partial charge in [-0.15, -0.1) is 24.7 Å². The van der Waals surface area contributed by atoms with E-state index in [0.717, 1.165) is 55.3 Å². The van der Waals surface area contributed by atoms with Crippen LogP contribution in [-0.4, -0.2) is 18.2 Å². The molecule has 0 spiro atoms. The van der Waals surface area contributed by atoms with E-state index in [4.69, 9.17) is 22.3 Å². The smallest absolute Gasteiger partial charge is 0.0735 e. The highest BCUT2D eigenvalue weighted by Gasteiger charge is 2.05. The van der Waals surface area contributed by atoms with Gasteiger partial charge in [0.05, 0.1) is 13.2 Å². The summed E-state index contributed by atoms with van der Waals surface area (Å²) < 4.78 is 11.4. The predicted octanol–water partition coefficient (Wildman–Crippen LogP) is 3.83. The number of rotatable bonds is 12. The minimum Gasteiger partial charge on any atom is -0.377 e. The summed E-state index contributed by atoms with van der Waals surface area (Å²) in [6.07, 6.45) is 17.9. The fourth-order valence-corrected chi connectivity index (χ4v) is 2.06. The molecule has 0 unspecified atom stereocenters. The van der Waals surface area contributed by atoms with Crippen LogP contribution >= 0.6 is 0 Å². The van der Waals surface area contributed by atoms with Crippen LogP contribution < -0.4 is 0 Å². The number of hydrogen-bond donors (Lipinski definition) is 0. The number of nitrogens with zero attached hydrogens (tertiary/aromatic N) is 1. The molecule has 1 radical (unpaired) electrons. The molecule has 23 heavy (non-hydrogen) atoms. The molecule has 1 rings (SSSR count). The Labute approximate surface area is 140 Å². The van der Waals surface area contributed by atoms with Gasteiger partial charge in [-0.3, -0.25) is 4.98 Å². The highest BCUT2D eigenvalue weighted by molar-refractivity contribution is 5.23. The maximum absolute atomic E-state index is 5.72. The summed E-state index contributed by atoms with van der Waals surface area (Å²) in [7, 11) is 0. The molecule has 0 aliphatic heterocycles. The molecule has 1 heterocycles. The van der Waals surface area contributed by atoms with Crippen molar-refractivity contribution in [2.24, 2.45) is 0 Å². The Kier molecular flexibility index (Phi) is 10.6. The molecule has 0 N–H and O–H groups in total. The molecule has 1 aromatic rings. The third kappa shape index (κ3) is 9.04. The number of aryl methyl sites for hydroxylation is 1. The minimum atomic E-state index is 0.537. The van der Waals surface area contributed by atoms with Gasteiger partial charge >= 0.3 is 0 Å². The first-order valence-corrected chi connectivity index (χ1v) is 8.17. The van der Waals surface area contributed by atoms with Crippen molar-refractivity contribution in [3.05, 3.63) is 29.1 Å². The van der Waals surface area contributed by atoms with E-state index in [1.807, 2.05) is 13.1 Å². The first kappa shape index (κ1) is 19.2. The zero-order valence-electron chi connectivity index (χ0n) is 14.1.